The Morgan fingerprint density at radius 2 is 1.63 bits per heavy atom. The van der Waals surface area contributed by atoms with Crippen molar-refractivity contribution in [1.82, 2.24) is 51.1 Å². The number of anilines is 1. The summed E-state index contributed by atoms with van der Waals surface area (Å²) in [7, 11) is -4.69. The minimum Gasteiger partial charge on any atom is -0.372 e. The summed E-state index contributed by atoms with van der Waals surface area (Å²) >= 11 is 0.440. The predicted octanol–water partition coefficient (Wildman–Crippen LogP) is 2.04. The van der Waals surface area contributed by atoms with Crippen LogP contribution in [0.4, 0.5) is 13.9 Å². The SMILES string of the molecule is CCCCCC(=O)Nc1nnc(S(=O)(=O)NC(=O)CNC(=O)C(=O)[C@H](CC(F)F)NC(=O)[C@@H]2C[C@@H](OCc3ccccc3)CN2C(=O)[C@@H](NC(=O)[C@H](CC(C)C)NC(=O)c2cnccn2)[C@H](C)CC)s1. The number of rotatable bonds is 27. The maximum Gasteiger partial charge on any atom is 0.293 e. The van der Waals surface area contributed by atoms with Crippen molar-refractivity contribution in [2.24, 2.45) is 11.8 Å². The van der Waals surface area contributed by atoms with Crippen LogP contribution in [-0.2, 0) is 54.9 Å². The van der Waals surface area contributed by atoms with Crippen LogP contribution in [0.15, 0.2) is 53.3 Å². The third kappa shape index (κ3) is 17.2. The van der Waals surface area contributed by atoms with Gasteiger partial charge in [0.25, 0.3) is 32.1 Å². The molecule has 6 atom stereocenters. The zero-order valence-corrected chi connectivity index (χ0v) is 40.9. The molecule has 1 fully saturated rings. The number of aromatic nitrogens is 4. The Labute approximate surface area is 407 Å². The largest absolute Gasteiger partial charge is 0.372 e. The molecule has 4 rings (SSSR count). The predicted molar refractivity (Wildman–Crippen MR) is 248 cm³/mol. The van der Waals surface area contributed by atoms with Gasteiger partial charge in [-0.25, -0.2) is 18.5 Å². The van der Waals surface area contributed by atoms with E-state index in [-0.39, 0.29) is 49.2 Å². The Bertz CT molecular complexity index is 2400. The zero-order chi connectivity index (χ0) is 51.5. The van der Waals surface area contributed by atoms with E-state index in [0.717, 1.165) is 23.3 Å². The maximum atomic E-state index is 14.7. The van der Waals surface area contributed by atoms with Crippen molar-refractivity contribution in [3.63, 3.8) is 0 Å². The summed E-state index contributed by atoms with van der Waals surface area (Å²) < 4.78 is 60.6. The summed E-state index contributed by atoms with van der Waals surface area (Å²) in [6.07, 6.45) is 1.18. The highest BCUT2D eigenvalue weighted by atomic mass is 32.2. The van der Waals surface area contributed by atoms with Gasteiger partial charge >= 0.3 is 0 Å². The fourth-order valence-corrected chi connectivity index (χ4v) is 8.97. The lowest BCUT2D eigenvalue weighted by atomic mass is 9.96. The Hall–Kier alpha value is -6.41. The average molecular weight is 1020 g/mol. The van der Waals surface area contributed by atoms with Crippen molar-refractivity contribution in [2.75, 3.05) is 18.4 Å². The molecule has 0 saturated carbocycles. The Balaban J connectivity index is 1.50. The van der Waals surface area contributed by atoms with Gasteiger partial charge < -0.3 is 36.2 Å². The fourth-order valence-electron chi connectivity index (χ4n) is 7.06. The third-order valence-corrected chi connectivity index (χ3v) is 13.5. The van der Waals surface area contributed by atoms with E-state index in [2.05, 4.69) is 41.4 Å². The molecule has 382 valence electrons. The Morgan fingerprint density at radius 1 is 0.900 bits per heavy atom. The van der Waals surface area contributed by atoms with Gasteiger partial charge in [0, 0.05) is 38.2 Å². The number of ketones is 1. The van der Waals surface area contributed by atoms with Gasteiger partial charge in [-0.2, -0.15) is 8.42 Å². The van der Waals surface area contributed by atoms with Crippen LogP contribution in [0.2, 0.25) is 0 Å². The lowest BCUT2D eigenvalue weighted by molar-refractivity contribution is -0.144. The number of sulfonamides is 1. The monoisotopic (exact) mass is 1020 g/mol. The van der Waals surface area contributed by atoms with Crippen LogP contribution in [0.25, 0.3) is 0 Å². The van der Waals surface area contributed by atoms with Crippen molar-refractivity contribution < 1.29 is 60.3 Å². The lowest BCUT2D eigenvalue weighted by Crippen LogP contribution is -2.59. The third-order valence-electron chi connectivity index (χ3n) is 10.9. The van der Waals surface area contributed by atoms with E-state index in [1.807, 2.05) is 26.1 Å². The van der Waals surface area contributed by atoms with E-state index >= 15 is 0 Å². The van der Waals surface area contributed by atoms with Crippen molar-refractivity contribution in [3.8, 4) is 0 Å². The number of alkyl halides is 2. The highest BCUT2D eigenvalue weighted by Crippen LogP contribution is 2.26. The van der Waals surface area contributed by atoms with E-state index < -0.39 is 117 Å². The number of Topliss-reactive ketones (excluding diaryl/α,β-unsaturated/α-hetero) is 1. The first kappa shape index (κ1) is 56.2. The number of hydrogen-bond acceptors (Lipinski definition) is 16. The summed E-state index contributed by atoms with van der Waals surface area (Å²) in [5.41, 5.74) is 0.704. The van der Waals surface area contributed by atoms with Gasteiger partial charge in [0.2, 0.25) is 41.0 Å². The number of unbranched alkanes of at least 4 members (excludes halogenated alkanes) is 2. The molecule has 6 N–H and O–H groups in total. The van der Waals surface area contributed by atoms with Crippen LogP contribution in [0.3, 0.4) is 0 Å². The number of halogens is 2. The lowest BCUT2D eigenvalue weighted by Gasteiger charge is -2.33. The van der Waals surface area contributed by atoms with Crippen molar-refractivity contribution >= 4 is 73.6 Å². The summed E-state index contributed by atoms with van der Waals surface area (Å²) in [5.74, 6) is -9.00. The molecule has 1 aliphatic heterocycles. The Morgan fingerprint density at radius 3 is 2.27 bits per heavy atom. The highest BCUT2D eigenvalue weighted by molar-refractivity contribution is 7.92. The second-order valence-electron chi connectivity index (χ2n) is 16.9. The van der Waals surface area contributed by atoms with E-state index in [1.165, 1.54) is 18.6 Å². The molecule has 7 amide bonds. The van der Waals surface area contributed by atoms with Gasteiger partial charge in [-0.3, -0.25) is 43.3 Å². The van der Waals surface area contributed by atoms with Crippen LogP contribution >= 0.6 is 11.3 Å². The first-order valence-electron chi connectivity index (χ1n) is 22.7. The molecule has 2 aromatic heterocycles. The molecule has 1 saturated heterocycles. The van der Waals surface area contributed by atoms with Crippen LogP contribution in [0.1, 0.15) is 102 Å². The zero-order valence-electron chi connectivity index (χ0n) is 39.3. The molecule has 1 aliphatic rings. The minimum absolute atomic E-state index is 0.0511. The molecule has 26 heteroatoms. The molecule has 0 aliphatic carbocycles. The molecular weight excluding hydrogens is 961 g/mol. The van der Waals surface area contributed by atoms with Gasteiger partial charge in [-0.1, -0.05) is 95.5 Å². The summed E-state index contributed by atoms with van der Waals surface area (Å²) in [4.78, 5) is 116. The number of ether oxygens (including phenoxy) is 1. The normalized spacial score (nSPS) is 16.4. The second kappa shape index (κ2) is 27.1. The maximum absolute atomic E-state index is 14.7. The van der Waals surface area contributed by atoms with Crippen molar-refractivity contribution in [1.29, 1.82) is 0 Å². The van der Waals surface area contributed by atoms with E-state index in [4.69, 9.17) is 4.74 Å². The standard InChI is InChI=1S/C44H59F2N11O11S2/c1-6-8-10-15-34(58)52-43-54-55-44(69-43)70(66,67)56-35(59)22-49-41(64)37(60)29(20-33(45)46)50-40(63)32-19-28(68-24-27-13-11-9-12-14-27)23-57(32)42(65)36(26(5)7-2)53-38(61)30(18-25(3)4)51-39(62)31-21-47-16-17-48-31/h9,11-14,16-17,21,25-26,28-30,32-33,36H,6-8,10,15,18-20,22-24H2,1-5H3,(H,49,64)(H,50,63)(H,51,62)(H,53,61)(H,56,59)(H,52,54,58)/t26-,28-,29+,30+,32+,36+/m1/s1. The van der Waals surface area contributed by atoms with E-state index in [9.17, 15) is 55.6 Å². The molecule has 22 nitrogen and oxygen atoms in total. The van der Waals surface area contributed by atoms with Gasteiger partial charge in [-0.15, -0.1) is 10.2 Å². The van der Waals surface area contributed by atoms with Crippen LogP contribution in [0.5, 0.6) is 0 Å². The van der Waals surface area contributed by atoms with Crippen molar-refractivity contribution in [2.45, 2.75) is 134 Å². The molecule has 0 radical (unpaired) electrons. The number of carbonyl (C=O) groups is 8. The van der Waals surface area contributed by atoms with E-state index in [1.54, 1.807) is 48.9 Å². The summed E-state index contributed by atoms with van der Waals surface area (Å²) in [5, 5.41) is 18.7. The molecule has 0 bridgehead atoms. The number of likely N-dealkylation sites (tertiary alicyclic amines) is 1. The molecule has 0 spiro atoms. The number of amides is 7. The van der Waals surface area contributed by atoms with E-state index in [0.29, 0.717) is 24.2 Å². The number of hydrogen-bond donors (Lipinski definition) is 6. The first-order chi connectivity index (χ1) is 33.2. The number of benzene rings is 1. The van der Waals surface area contributed by atoms with Crippen molar-refractivity contribution in [3.05, 3.63) is 60.2 Å². The van der Waals surface area contributed by atoms with Gasteiger partial charge in [0.1, 0.15) is 29.9 Å². The smallest absolute Gasteiger partial charge is 0.293 e. The molecule has 70 heavy (non-hydrogen) atoms. The number of nitrogens with one attached hydrogen (secondary N) is 6. The van der Waals surface area contributed by atoms with Gasteiger partial charge in [0.15, 0.2) is 0 Å². The molecule has 1 aromatic carbocycles. The number of carbonyl (C=O) groups excluding carboxylic acids is 8. The first-order valence-corrected chi connectivity index (χ1v) is 24.9. The van der Waals surface area contributed by atoms with Gasteiger partial charge in [-0.05, 0) is 30.2 Å². The molecule has 0 unspecified atom stereocenters. The second-order valence-corrected chi connectivity index (χ2v) is 19.8. The van der Waals surface area contributed by atoms with Crippen LogP contribution < -0.4 is 31.3 Å². The molecular formula is C44H59F2N11O11S2. The number of nitrogens with zero attached hydrogens (tertiary/aromatic N) is 5. The topological polar surface area (TPSA) is 307 Å². The average Bonchev–Trinajstić information content (AvgIpc) is 3.99. The summed E-state index contributed by atoms with van der Waals surface area (Å²) in [6, 6.07) is 2.81. The quantitative estimate of drug-likeness (QED) is 0.0362. The summed E-state index contributed by atoms with van der Waals surface area (Å²) in [6.45, 7) is 7.74. The minimum atomic E-state index is -4.69. The van der Waals surface area contributed by atoms with Gasteiger partial charge in [0.05, 0.1) is 25.5 Å². The van der Waals surface area contributed by atoms with Crippen LogP contribution in [0, 0.1) is 11.8 Å². The molecule has 3 aromatic rings. The van der Waals surface area contributed by atoms with Crippen LogP contribution in [-0.4, -0.2) is 130 Å². The highest BCUT2D eigenvalue weighted by Gasteiger charge is 2.45. The molecule has 3 heterocycles. The Kier molecular flexibility index (Phi) is 21.8. The fraction of sp³-hybridized carbons (Fsp3) is 0.545.